The summed E-state index contributed by atoms with van der Waals surface area (Å²) in [6, 6.07) is 7.42. The van der Waals surface area contributed by atoms with Crippen molar-refractivity contribution in [3.8, 4) is 0 Å². The van der Waals surface area contributed by atoms with Gasteiger partial charge in [-0.15, -0.1) is 5.10 Å². The molecule has 1 aromatic carbocycles. The minimum Gasteiger partial charge on any atom is -0.448 e. The first kappa shape index (κ1) is 16.8. The van der Waals surface area contributed by atoms with Crippen molar-refractivity contribution >= 4 is 27.6 Å². The van der Waals surface area contributed by atoms with Crippen LogP contribution in [0.2, 0.25) is 0 Å². The molecular weight excluding hydrogens is 370 g/mol. The van der Waals surface area contributed by atoms with Gasteiger partial charge in [0.2, 0.25) is 12.1 Å². The van der Waals surface area contributed by atoms with E-state index in [9.17, 15) is 4.79 Å². The molecule has 1 aliphatic heterocycles. The van der Waals surface area contributed by atoms with E-state index in [4.69, 9.17) is 4.74 Å². The van der Waals surface area contributed by atoms with Crippen LogP contribution in [0.5, 0.6) is 0 Å². The zero-order chi connectivity index (χ0) is 17.4. The SMILES string of the molecule is Cc1[nH]c(C2NN=C(C(C)C)O2)c(C)c1C(=O)c1cccc(Br)c1. The Hall–Kier alpha value is -2.08. The number of rotatable bonds is 4. The van der Waals surface area contributed by atoms with E-state index in [1.54, 1.807) is 0 Å². The first-order chi connectivity index (χ1) is 11.4. The fourth-order valence-electron chi connectivity index (χ4n) is 2.84. The Morgan fingerprint density at radius 1 is 1.33 bits per heavy atom. The number of carbonyl (C=O) groups excluding carboxylic acids is 1. The number of hydrogen-bond acceptors (Lipinski definition) is 4. The van der Waals surface area contributed by atoms with Crippen LogP contribution in [-0.2, 0) is 4.74 Å². The lowest BCUT2D eigenvalue weighted by Gasteiger charge is -2.12. The highest BCUT2D eigenvalue weighted by molar-refractivity contribution is 9.10. The molecule has 126 valence electrons. The van der Waals surface area contributed by atoms with Crippen LogP contribution < -0.4 is 5.43 Å². The van der Waals surface area contributed by atoms with Gasteiger partial charge in [-0.1, -0.05) is 41.9 Å². The number of aromatic amines is 1. The Bertz CT molecular complexity index is 824. The summed E-state index contributed by atoms with van der Waals surface area (Å²) in [7, 11) is 0. The minimum absolute atomic E-state index is 0.00296. The molecule has 0 spiro atoms. The number of nitrogens with one attached hydrogen (secondary N) is 2. The molecule has 0 saturated heterocycles. The number of carbonyl (C=O) groups is 1. The first-order valence-electron chi connectivity index (χ1n) is 7.87. The summed E-state index contributed by atoms with van der Waals surface area (Å²) < 4.78 is 6.74. The second kappa shape index (κ2) is 6.43. The number of nitrogens with zero attached hydrogens (tertiary/aromatic N) is 1. The number of aryl methyl sites for hydroxylation is 1. The fourth-order valence-corrected chi connectivity index (χ4v) is 3.23. The third-order valence-corrected chi connectivity index (χ3v) is 4.57. The molecule has 3 rings (SSSR count). The second-order valence-corrected chi connectivity index (χ2v) is 7.15. The van der Waals surface area contributed by atoms with Gasteiger partial charge in [0, 0.05) is 27.2 Å². The minimum atomic E-state index is -0.384. The van der Waals surface area contributed by atoms with Gasteiger partial charge in [0.1, 0.15) is 0 Å². The summed E-state index contributed by atoms with van der Waals surface area (Å²) in [4.78, 5) is 16.2. The number of benzene rings is 1. The van der Waals surface area contributed by atoms with Crippen LogP contribution in [0, 0.1) is 19.8 Å². The number of hydrazone groups is 1. The predicted molar refractivity (Wildman–Crippen MR) is 97.1 cm³/mol. The molecule has 2 aromatic rings. The third-order valence-electron chi connectivity index (χ3n) is 4.08. The number of ether oxygens (including phenoxy) is 1. The number of hydrogen-bond donors (Lipinski definition) is 2. The van der Waals surface area contributed by atoms with Crippen molar-refractivity contribution in [1.82, 2.24) is 10.4 Å². The van der Waals surface area contributed by atoms with Crippen LogP contribution in [0.4, 0.5) is 0 Å². The van der Waals surface area contributed by atoms with Crippen molar-refractivity contribution in [2.24, 2.45) is 11.0 Å². The number of aromatic nitrogens is 1. The highest BCUT2D eigenvalue weighted by Crippen LogP contribution is 2.29. The summed E-state index contributed by atoms with van der Waals surface area (Å²) in [6.07, 6.45) is -0.384. The molecule has 1 atom stereocenters. The Morgan fingerprint density at radius 3 is 2.71 bits per heavy atom. The lowest BCUT2D eigenvalue weighted by molar-refractivity contribution is 0.103. The first-order valence-corrected chi connectivity index (χ1v) is 8.67. The maximum Gasteiger partial charge on any atom is 0.227 e. The van der Waals surface area contributed by atoms with E-state index < -0.39 is 0 Å². The lowest BCUT2D eigenvalue weighted by atomic mass is 9.99. The zero-order valence-corrected chi connectivity index (χ0v) is 15.7. The Morgan fingerprint density at radius 2 is 2.08 bits per heavy atom. The van der Waals surface area contributed by atoms with E-state index in [1.165, 1.54) is 0 Å². The molecule has 0 radical (unpaired) electrons. The molecular formula is C18H20BrN3O2. The number of halogens is 1. The summed E-state index contributed by atoms with van der Waals surface area (Å²) in [6.45, 7) is 7.89. The molecule has 1 unspecified atom stereocenters. The third kappa shape index (κ3) is 2.98. The van der Waals surface area contributed by atoms with Gasteiger partial charge in [-0.05, 0) is 31.5 Å². The summed E-state index contributed by atoms with van der Waals surface area (Å²) >= 11 is 3.41. The van der Waals surface area contributed by atoms with Crippen molar-refractivity contribution in [1.29, 1.82) is 0 Å². The van der Waals surface area contributed by atoms with Crippen LogP contribution >= 0.6 is 15.9 Å². The highest BCUT2D eigenvalue weighted by Gasteiger charge is 2.29. The molecule has 24 heavy (non-hydrogen) atoms. The van der Waals surface area contributed by atoms with Gasteiger partial charge in [-0.25, -0.2) is 0 Å². The molecule has 5 nitrogen and oxygen atoms in total. The number of H-pyrrole nitrogens is 1. The summed E-state index contributed by atoms with van der Waals surface area (Å²) in [5.74, 6) is 0.880. The quantitative estimate of drug-likeness (QED) is 0.769. The average molecular weight is 390 g/mol. The van der Waals surface area contributed by atoms with E-state index >= 15 is 0 Å². The van der Waals surface area contributed by atoms with Crippen LogP contribution in [0.3, 0.4) is 0 Å². The van der Waals surface area contributed by atoms with E-state index in [-0.39, 0.29) is 17.9 Å². The van der Waals surface area contributed by atoms with Crippen molar-refractivity contribution in [3.05, 3.63) is 56.8 Å². The van der Waals surface area contributed by atoms with Crippen molar-refractivity contribution in [2.75, 3.05) is 0 Å². The lowest BCUT2D eigenvalue weighted by Crippen LogP contribution is -2.15. The van der Waals surface area contributed by atoms with Crippen molar-refractivity contribution < 1.29 is 9.53 Å². The standard InChI is InChI=1S/C18H20BrN3O2/c1-9(2)17-21-22-18(24-17)15-10(3)14(11(4)20-15)16(23)12-6-5-7-13(19)8-12/h5-9,18,20,22H,1-4H3. The Balaban J connectivity index is 1.92. The molecule has 0 bridgehead atoms. The molecule has 0 fully saturated rings. The van der Waals surface area contributed by atoms with Crippen LogP contribution in [0.25, 0.3) is 0 Å². The highest BCUT2D eigenvalue weighted by atomic mass is 79.9. The molecule has 0 aliphatic carbocycles. The maximum absolute atomic E-state index is 12.9. The number of ketones is 1. The second-order valence-electron chi connectivity index (χ2n) is 6.23. The van der Waals surface area contributed by atoms with Gasteiger partial charge >= 0.3 is 0 Å². The van der Waals surface area contributed by atoms with Gasteiger partial charge in [0.15, 0.2) is 5.78 Å². The molecule has 1 aromatic heterocycles. The summed E-state index contributed by atoms with van der Waals surface area (Å²) in [5, 5.41) is 4.22. The van der Waals surface area contributed by atoms with Gasteiger partial charge in [-0.3, -0.25) is 10.2 Å². The van der Waals surface area contributed by atoms with E-state index in [0.717, 1.165) is 21.4 Å². The van der Waals surface area contributed by atoms with Crippen LogP contribution in [0.15, 0.2) is 33.8 Å². The Kier molecular flexibility index (Phi) is 4.49. The molecule has 1 aliphatic rings. The maximum atomic E-state index is 12.9. The fraction of sp³-hybridized carbons (Fsp3) is 0.333. The Labute approximate surface area is 149 Å². The topological polar surface area (TPSA) is 66.5 Å². The molecule has 0 amide bonds. The van der Waals surface area contributed by atoms with Crippen molar-refractivity contribution in [2.45, 2.75) is 33.9 Å². The normalized spacial score (nSPS) is 16.8. The molecule has 0 saturated carbocycles. The summed E-state index contributed by atoms with van der Waals surface area (Å²) in [5.41, 5.74) is 6.88. The van der Waals surface area contributed by atoms with Crippen molar-refractivity contribution in [3.63, 3.8) is 0 Å². The average Bonchev–Trinajstić information content (AvgIpc) is 3.12. The van der Waals surface area contributed by atoms with E-state index in [2.05, 4.69) is 31.4 Å². The zero-order valence-electron chi connectivity index (χ0n) is 14.1. The smallest absolute Gasteiger partial charge is 0.227 e. The van der Waals surface area contributed by atoms with E-state index in [0.29, 0.717) is 17.0 Å². The monoisotopic (exact) mass is 389 g/mol. The molecule has 2 heterocycles. The van der Waals surface area contributed by atoms with Gasteiger partial charge in [-0.2, -0.15) is 0 Å². The largest absolute Gasteiger partial charge is 0.448 e. The predicted octanol–water partition coefficient (Wildman–Crippen LogP) is 4.21. The molecule has 2 N–H and O–H groups in total. The molecule has 6 heteroatoms. The van der Waals surface area contributed by atoms with Gasteiger partial charge < -0.3 is 9.72 Å². The van der Waals surface area contributed by atoms with E-state index in [1.807, 2.05) is 52.0 Å². The van der Waals surface area contributed by atoms with Crippen LogP contribution in [-0.4, -0.2) is 16.7 Å². The van der Waals surface area contributed by atoms with Gasteiger partial charge in [0.05, 0.1) is 5.69 Å². The van der Waals surface area contributed by atoms with Crippen LogP contribution in [0.1, 0.15) is 52.9 Å². The van der Waals surface area contributed by atoms with Gasteiger partial charge in [0.25, 0.3) is 0 Å².